The van der Waals surface area contributed by atoms with E-state index in [-0.39, 0.29) is 30.2 Å². The molecule has 0 radical (unpaired) electrons. The predicted octanol–water partition coefficient (Wildman–Crippen LogP) is 0.696. The number of hydrogen-bond donors (Lipinski definition) is 2. The molecule has 3 amide bonds. The largest absolute Gasteiger partial charge is 0.485 e. The summed E-state index contributed by atoms with van der Waals surface area (Å²) < 4.78 is 6.27. The smallest absolute Gasteiger partial charge is 0.255 e. The standard InChI is InChI=1S/C19H23N3O4/c23-16-11-22(10-9-20-16)18(25)13-5-7-19(8-6-13)12-21-17(24)14-3-1-2-4-15(14)26-19/h1-4,13H,5-12H2,(H,20,23)(H,21,24). The molecule has 1 spiro atoms. The average Bonchev–Trinajstić information content (AvgIpc) is 2.79. The molecule has 7 nitrogen and oxygen atoms in total. The van der Waals surface area contributed by atoms with Crippen LogP contribution in [0.25, 0.3) is 0 Å². The quantitative estimate of drug-likeness (QED) is 0.774. The minimum atomic E-state index is -0.460. The van der Waals surface area contributed by atoms with Gasteiger partial charge in [-0.15, -0.1) is 0 Å². The second kappa shape index (κ2) is 6.63. The normalized spacial score (nSPS) is 28.5. The first-order valence-electron chi connectivity index (χ1n) is 9.18. The van der Waals surface area contributed by atoms with E-state index in [0.717, 1.165) is 0 Å². The molecule has 2 fully saturated rings. The van der Waals surface area contributed by atoms with Crippen LogP contribution in [0.5, 0.6) is 5.75 Å². The van der Waals surface area contributed by atoms with Crippen LogP contribution in [0.2, 0.25) is 0 Å². The molecule has 0 aromatic heterocycles. The molecular weight excluding hydrogens is 334 g/mol. The van der Waals surface area contributed by atoms with Gasteiger partial charge in [0.25, 0.3) is 5.91 Å². The number of hydrogen-bond acceptors (Lipinski definition) is 4. The zero-order chi connectivity index (χ0) is 18.1. The van der Waals surface area contributed by atoms with Crippen molar-refractivity contribution in [2.75, 3.05) is 26.2 Å². The third-order valence-corrected chi connectivity index (χ3v) is 5.63. The zero-order valence-corrected chi connectivity index (χ0v) is 14.6. The highest BCUT2D eigenvalue weighted by Crippen LogP contribution is 2.38. The van der Waals surface area contributed by atoms with Gasteiger partial charge in [0.15, 0.2) is 0 Å². The highest BCUT2D eigenvalue weighted by Gasteiger charge is 2.42. The second-order valence-electron chi connectivity index (χ2n) is 7.35. The molecule has 138 valence electrons. The molecule has 1 saturated carbocycles. The van der Waals surface area contributed by atoms with Crippen molar-refractivity contribution in [3.63, 3.8) is 0 Å². The lowest BCUT2D eigenvalue weighted by Crippen LogP contribution is -2.53. The van der Waals surface area contributed by atoms with Gasteiger partial charge in [0, 0.05) is 19.0 Å². The number of piperazine rings is 1. The summed E-state index contributed by atoms with van der Waals surface area (Å²) in [5.74, 6) is 0.385. The van der Waals surface area contributed by atoms with Gasteiger partial charge in [0.1, 0.15) is 11.4 Å². The van der Waals surface area contributed by atoms with Gasteiger partial charge < -0.3 is 20.3 Å². The fourth-order valence-electron chi connectivity index (χ4n) is 4.10. The van der Waals surface area contributed by atoms with Gasteiger partial charge in [-0.25, -0.2) is 0 Å². The first-order valence-corrected chi connectivity index (χ1v) is 9.18. The van der Waals surface area contributed by atoms with Crippen molar-refractivity contribution >= 4 is 17.7 Å². The highest BCUT2D eigenvalue weighted by atomic mass is 16.5. The Morgan fingerprint density at radius 3 is 2.69 bits per heavy atom. The molecular formula is C19H23N3O4. The Hall–Kier alpha value is -2.57. The molecule has 0 atom stereocenters. The molecule has 3 aliphatic rings. The third-order valence-electron chi connectivity index (χ3n) is 5.63. The second-order valence-corrected chi connectivity index (χ2v) is 7.35. The van der Waals surface area contributed by atoms with Crippen LogP contribution in [0.1, 0.15) is 36.0 Å². The van der Waals surface area contributed by atoms with E-state index in [9.17, 15) is 14.4 Å². The van der Waals surface area contributed by atoms with Crippen LogP contribution in [0.15, 0.2) is 24.3 Å². The summed E-state index contributed by atoms with van der Waals surface area (Å²) in [4.78, 5) is 38.2. The van der Waals surface area contributed by atoms with Gasteiger partial charge >= 0.3 is 0 Å². The number of para-hydroxylation sites is 1. The molecule has 2 aliphatic heterocycles. The number of amides is 3. The maximum Gasteiger partial charge on any atom is 0.255 e. The van der Waals surface area contributed by atoms with Crippen LogP contribution in [0, 0.1) is 5.92 Å². The van der Waals surface area contributed by atoms with Crippen LogP contribution >= 0.6 is 0 Å². The van der Waals surface area contributed by atoms with Gasteiger partial charge in [-0.05, 0) is 37.8 Å². The zero-order valence-electron chi connectivity index (χ0n) is 14.6. The van der Waals surface area contributed by atoms with Crippen LogP contribution in [-0.4, -0.2) is 54.4 Å². The van der Waals surface area contributed by atoms with Gasteiger partial charge in [-0.1, -0.05) is 12.1 Å². The van der Waals surface area contributed by atoms with Gasteiger partial charge in [-0.2, -0.15) is 0 Å². The summed E-state index contributed by atoms with van der Waals surface area (Å²) in [5.41, 5.74) is 0.0973. The molecule has 0 bridgehead atoms. The summed E-state index contributed by atoms with van der Waals surface area (Å²) in [6, 6.07) is 7.28. The van der Waals surface area contributed by atoms with Gasteiger partial charge in [0.2, 0.25) is 11.8 Å². The predicted molar refractivity (Wildman–Crippen MR) is 93.7 cm³/mol. The Labute approximate surface area is 152 Å². The van der Waals surface area contributed by atoms with Crippen molar-refractivity contribution in [2.24, 2.45) is 5.92 Å². The lowest BCUT2D eigenvalue weighted by atomic mass is 9.78. The fraction of sp³-hybridized carbons (Fsp3) is 0.526. The highest BCUT2D eigenvalue weighted by molar-refractivity contribution is 5.97. The van der Waals surface area contributed by atoms with E-state index in [1.54, 1.807) is 11.0 Å². The van der Waals surface area contributed by atoms with E-state index < -0.39 is 5.60 Å². The summed E-state index contributed by atoms with van der Waals surface area (Å²) in [6.07, 6.45) is 2.82. The number of benzene rings is 1. The molecule has 1 aliphatic carbocycles. The maximum atomic E-state index is 12.7. The van der Waals surface area contributed by atoms with Gasteiger partial charge in [0.05, 0.1) is 18.7 Å². The maximum absolute atomic E-state index is 12.7. The summed E-state index contributed by atoms with van der Waals surface area (Å²) in [7, 11) is 0. The Kier molecular flexibility index (Phi) is 4.30. The number of carbonyl (C=O) groups is 3. The molecule has 2 heterocycles. The van der Waals surface area contributed by atoms with Crippen molar-refractivity contribution in [1.82, 2.24) is 15.5 Å². The molecule has 26 heavy (non-hydrogen) atoms. The summed E-state index contributed by atoms with van der Waals surface area (Å²) >= 11 is 0. The number of ether oxygens (including phenoxy) is 1. The van der Waals surface area contributed by atoms with E-state index >= 15 is 0 Å². The van der Waals surface area contributed by atoms with Crippen molar-refractivity contribution in [3.05, 3.63) is 29.8 Å². The van der Waals surface area contributed by atoms with Crippen LogP contribution in [0.4, 0.5) is 0 Å². The van der Waals surface area contributed by atoms with Gasteiger partial charge in [-0.3, -0.25) is 14.4 Å². The number of rotatable bonds is 1. The summed E-state index contributed by atoms with van der Waals surface area (Å²) in [6.45, 7) is 1.70. The average molecular weight is 357 g/mol. The molecule has 4 rings (SSSR count). The monoisotopic (exact) mass is 357 g/mol. The fourth-order valence-corrected chi connectivity index (χ4v) is 4.10. The minimum absolute atomic E-state index is 0.0627. The lowest BCUT2D eigenvalue weighted by Gasteiger charge is -2.40. The lowest BCUT2D eigenvalue weighted by molar-refractivity contribution is -0.143. The van der Waals surface area contributed by atoms with E-state index in [0.29, 0.717) is 56.6 Å². The first-order chi connectivity index (χ1) is 12.6. The van der Waals surface area contributed by atoms with E-state index in [2.05, 4.69) is 10.6 Å². The van der Waals surface area contributed by atoms with Crippen LogP contribution in [-0.2, 0) is 9.59 Å². The Morgan fingerprint density at radius 1 is 1.15 bits per heavy atom. The summed E-state index contributed by atoms with van der Waals surface area (Å²) in [5, 5.41) is 5.71. The Morgan fingerprint density at radius 2 is 1.92 bits per heavy atom. The van der Waals surface area contributed by atoms with E-state index in [1.807, 2.05) is 18.2 Å². The molecule has 1 aromatic carbocycles. The molecule has 1 saturated heterocycles. The topological polar surface area (TPSA) is 87.7 Å². The molecule has 2 N–H and O–H groups in total. The van der Waals surface area contributed by atoms with Crippen LogP contribution in [0.3, 0.4) is 0 Å². The molecule has 1 aromatic rings. The van der Waals surface area contributed by atoms with Crippen molar-refractivity contribution in [2.45, 2.75) is 31.3 Å². The molecule has 7 heteroatoms. The Bertz CT molecular complexity index is 740. The Balaban J connectivity index is 1.44. The third kappa shape index (κ3) is 3.13. The number of nitrogens with one attached hydrogen (secondary N) is 2. The SMILES string of the molecule is O=C1CN(C(=O)C2CCC3(CC2)CNC(=O)c2ccccc2O3)CCN1. The van der Waals surface area contributed by atoms with E-state index in [1.165, 1.54) is 0 Å². The van der Waals surface area contributed by atoms with Crippen molar-refractivity contribution in [1.29, 1.82) is 0 Å². The number of carbonyl (C=O) groups excluding carboxylic acids is 3. The number of nitrogens with zero attached hydrogens (tertiary/aromatic N) is 1. The minimum Gasteiger partial charge on any atom is -0.485 e. The van der Waals surface area contributed by atoms with Crippen molar-refractivity contribution in [3.8, 4) is 5.75 Å². The van der Waals surface area contributed by atoms with Crippen LogP contribution < -0.4 is 15.4 Å². The number of fused-ring (bicyclic) bond motifs is 1. The molecule has 0 unspecified atom stereocenters. The first kappa shape index (κ1) is 16.9. The van der Waals surface area contributed by atoms with E-state index in [4.69, 9.17) is 4.74 Å². The van der Waals surface area contributed by atoms with Crippen molar-refractivity contribution < 1.29 is 19.1 Å².